The molecule has 0 aromatic heterocycles. The van der Waals surface area contributed by atoms with Crippen LogP contribution in [0.15, 0.2) is 24.3 Å². The van der Waals surface area contributed by atoms with Crippen LogP contribution in [0.1, 0.15) is 5.56 Å². The maximum absolute atomic E-state index is 9.90. The molecule has 0 radical (unpaired) electrons. The average molecular weight is 283 g/mol. The molecule has 1 unspecified atom stereocenters. The van der Waals surface area contributed by atoms with Crippen molar-refractivity contribution in [3.05, 3.63) is 29.8 Å². The lowest BCUT2D eigenvalue weighted by molar-refractivity contribution is -0.211. The second-order valence-corrected chi connectivity index (χ2v) is 4.68. The van der Waals surface area contributed by atoms with E-state index in [1.54, 1.807) is 12.1 Å². The Morgan fingerprint density at radius 3 is 2.35 bits per heavy atom. The molecule has 6 N–H and O–H groups in total. The number of nitrogens with one attached hydrogen (secondary N) is 1. The summed E-state index contributed by atoms with van der Waals surface area (Å²) in [5.41, 5.74) is -0.0863. The van der Waals surface area contributed by atoms with Gasteiger partial charge in [0.2, 0.25) is 0 Å². The number of benzene rings is 1. The molecular weight excluding hydrogens is 266 g/mol. The zero-order valence-corrected chi connectivity index (χ0v) is 10.5. The van der Waals surface area contributed by atoms with Gasteiger partial charge in [0.25, 0.3) is 0 Å². The van der Waals surface area contributed by atoms with Crippen LogP contribution in [0.2, 0.25) is 0 Å². The molecule has 0 aliphatic carbocycles. The number of aliphatic hydroxyl groups excluding tert-OH is 4. The number of rotatable bonds is 3. The molecule has 1 aliphatic rings. The minimum Gasteiger partial charge on any atom is -0.507 e. The minimum atomic E-state index is -1.54. The number of hydrogen-bond donors (Lipinski definition) is 6. The predicted molar refractivity (Wildman–Crippen MR) is 68.7 cm³/mol. The van der Waals surface area contributed by atoms with Crippen LogP contribution in [0, 0.1) is 5.41 Å². The third-order valence-electron chi connectivity index (χ3n) is 3.37. The lowest BCUT2D eigenvalue weighted by Gasteiger charge is -2.40. The van der Waals surface area contributed by atoms with Gasteiger partial charge in [0.1, 0.15) is 36.3 Å². The third kappa shape index (κ3) is 2.54. The number of aromatic hydroxyl groups is 1. The fourth-order valence-electron chi connectivity index (χ4n) is 2.19. The van der Waals surface area contributed by atoms with E-state index in [0.29, 0.717) is 0 Å². The van der Waals surface area contributed by atoms with Gasteiger partial charge >= 0.3 is 0 Å². The number of para-hydroxylation sites is 1. The molecule has 1 heterocycles. The van der Waals surface area contributed by atoms with Gasteiger partial charge in [-0.15, -0.1) is 0 Å². The molecule has 7 heteroatoms. The first-order valence-electron chi connectivity index (χ1n) is 6.14. The Balaban J connectivity index is 2.27. The van der Waals surface area contributed by atoms with Crippen molar-refractivity contribution in [3.8, 4) is 5.75 Å². The van der Waals surface area contributed by atoms with Crippen molar-refractivity contribution in [1.29, 1.82) is 5.41 Å². The molecular formula is C13H17NO6. The monoisotopic (exact) mass is 283 g/mol. The molecule has 0 saturated carbocycles. The van der Waals surface area contributed by atoms with Gasteiger partial charge in [-0.05, 0) is 12.1 Å². The summed E-state index contributed by atoms with van der Waals surface area (Å²) in [6, 6.07) is 6.04. The van der Waals surface area contributed by atoms with Crippen molar-refractivity contribution in [2.75, 3.05) is 6.61 Å². The second-order valence-electron chi connectivity index (χ2n) is 4.68. The van der Waals surface area contributed by atoms with Gasteiger partial charge in [0.05, 0.1) is 12.3 Å². The molecule has 1 aliphatic heterocycles. The fraction of sp³-hybridized carbons (Fsp3) is 0.462. The van der Waals surface area contributed by atoms with E-state index in [2.05, 4.69) is 0 Å². The lowest BCUT2D eigenvalue weighted by atomic mass is 9.90. The molecule has 1 aromatic carbocycles. The Morgan fingerprint density at radius 1 is 1.10 bits per heavy atom. The van der Waals surface area contributed by atoms with Crippen molar-refractivity contribution in [2.45, 2.75) is 30.5 Å². The quantitative estimate of drug-likeness (QED) is 0.378. The first kappa shape index (κ1) is 14.9. The summed E-state index contributed by atoms with van der Waals surface area (Å²) in [5, 5.41) is 56.0. The number of ether oxygens (including phenoxy) is 1. The normalized spacial score (nSPS) is 33.9. The Bertz CT molecular complexity index is 492. The topological polar surface area (TPSA) is 134 Å². The Labute approximate surface area is 115 Å². The molecule has 2 rings (SSSR count). The standard InChI is InChI=1S/C13H17NO6/c14-9(6-3-1-2-4-7(6)16)13-12(19)11(18)10(17)8(5-15)20-13/h1-4,8,10-19H,5H2/t8-,10-,11+,12-,13?/m1/s1. The van der Waals surface area contributed by atoms with Crippen LogP contribution in [-0.2, 0) is 4.74 Å². The molecule has 0 spiro atoms. The van der Waals surface area contributed by atoms with E-state index in [4.69, 9.17) is 15.3 Å². The first-order chi connectivity index (χ1) is 9.47. The molecule has 1 aromatic rings. The van der Waals surface area contributed by atoms with Gasteiger partial charge in [0, 0.05) is 5.56 Å². The van der Waals surface area contributed by atoms with Crippen molar-refractivity contribution in [1.82, 2.24) is 0 Å². The minimum absolute atomic E-state index is 0.150. The van der Waals surface area contributed by atoms with Gasteiger partial charge in [-0.3, -0.25) is 0 Å². The maximum Gasteiger partial charge on any atom is 0.128 e. The van der Waals surface area contributed by atoms with Crippen LogP contribution in [0.5, 0.6) is 5.75 Å². The predicted octanol–water partition coefficient (Wildman–Crippen LogP) is -1.40. The van der Waals surface area contributed by atoms with E-state index < -0.39 is 37.1 Å². The van der Waals surface area contributed by atoms with Gasteiger partial charge in [-0.1, -0.05) is 12.1 Å². The smallest absolute Gasteiger partial charge is 0.128 e. The molecule has 0 amide bonds. The highest BCUT2D eigenvalue weighted by atomic mass is 16.5. The molecule has 20 heavy (non-hydrogen) atoms. The molecule has 7 nitrogen and oxygen atoms in total. The van der Waals surface area contributed by atoms with Crippen LogP contribution in [0.4, 0.5) is 0 Å². The molecule has 5 atom stereocenters. The number of aliphatic hydroxyl groups is 4. The summed E-state index contributed by atoms with van der Waals surface area (Å²) in [6.45, 7) is -0.560. The summed E-state index contributed by atoms with van der Waals surface area (Å²) in [7, 11) is 0. The van der Waals surface area contributed by atoms with E-state index in [1.165, 1.54) is 12.1 Å². The molecule has 0 bridgehead atoms. The van der Waals surface area contributed by atoms with E-state index in [0.717, 1.165) is 0 Å². The van der Waals surface area contributed by atoms with Gasteiger partial charge in [-0.2, -0.15) is 0 Å². The first-order valence-corrected chi connectivity index (χ1v) is 6.14. The van der Waals surface area contributed by atoms with E-state index in [-0.39, 0.29) is 17.0 Å². The molecule has 1 fully saturated rings. The average Bonchev–Trinajstić information content (AvgIpc) is 2.45. The van der Waals surface area contributed by atoms with Crippen LogP contribution < -0.4 is 0 Å². The summed E-state index contributed by atoms with van der Waals surface area (Å²) in [4.78, 5) is 0. The fourth-order valence-corrected chi connectivity index (χ4v) is 2.19. The van der Waals surface area contributed by atoms with E-state index in [1.807, 2.05) is 0 Å². The van der Waals surface area contributed by atoms with Gasteiger partial charge in [0.15, 0.2) is 0 Å². The number of phenols is 1. The van der Waals surface area contributed by atoms with Gasteiger partial charge in [-0.25, -0.2) is 0 Å². The maximum atomic E-state index is 9.90. The Kier molecular flexibility index (Phi) is 4.36. The van der Waals surface area contributed by atoms with Crippen molar-refractivity contribution in [2.24, 2.45) is 0 Å². The van der Waals surface area contributed by atoms with Crippen molar-refractivity contribution >= 4 is 5.71 Å². The number of hydrogen-bond acceptors (Lipinski definition) is 7. The molecule has 1 saturated heterocycles. The second kappa shape index (κ2) is 5.86. The largest absolute Gasteiger partial charge is 0.507 e. The van der Waals surface area contributed by atoms with E-state index in [9.17, 15) is 20.4 Å². The molecule has 110 valence electrons. The highest BCUT2D eigenvalue weighted by molar-refractivity contribution is 6.04. The zero-order chi connectivity index (χ0) is 14.9. The zero-order valence-electron chi connectivity index (χ0n) is 10.5. The number of phenolic OH excluding ortho intramolecular Hbond substituents is 1. The summed E-state index contributed by atoms with van der Waals surface area (Å²) >= 11 is 0. The highest BCUT2D eigenvalue weighted by Gasteiger charge is 2.45. The SMILES string of the molecule is N=C(c1ccccc1O)C1O[C@H](CO)[C@@H](O)[C@H](O)[C@H]1O. The summed E-state index contributed by atoms with van der Waals surface area (Å²) in [6.07, 6.45) is -6.87. The van der Waals surface area contributed by atoms with Crippen LogP contribution in [-0.4, -0.2) is 68.4 Å². The lowest BCUT2D eigenvalue weighted by Crippen LogP contribution is -2.60. The Hall–Kier alpha value is -1.51. The summed E-state index contributed by atoms with van der Waals surface area (Å²) in [5.74, 6) is -0.158. The summed E-state index contributed by atoms with van der Waals surface area (Å²) < 4.78 is 5.26. The van der Waals surface area contributed by atoms with Crippen molar-refractivity contribution < 1.29 is 30.3 Å². The van der Waals surface area contributed by atoms with Crippen LogP contribution >= 0.6 is 0 Å². The third-order valence-corrected chi connectivity index (χ3v) is 3.37. The Morgan fingerprint density at radius 2 is 1.75 bits per heavy atom. The highest BCUT2D eigenvalue weighted by Crippen LogP contribution is 2.26. The van der Waals surface area contributed by atoms with E-state index >= 15 is 0 Å². The van der Waals surface area contributed by atoms with Gasteiger partial charge < -0.3 is 35.7 Å². The van der Waals surface area contributed by atoms with Crippen LogP contribution in [0.25, 0.3) is 0 Å². The van der Waals surface area contributed by atoms with Crippen LogP contribution in [0.3, 0.4) is 0 Å². The van der Waals surface area contributed by atoms with Crippen molar-refractivity contribution in [3.63, 3.8) is 0 Å².